The van der Waals surface area contributed by atoms with Crippen molar-refractivity contribution in [3.63, 3.8) is 0 Å². The summed E-state index contributed by atoms with van der Waals surface area (Å²) in [6, 6.07) is 3.01. The molecule has 3 aliphatic carbocycles. The van der Waals surface area contributed by atoms with Crippen LogP contribution in [0.15, 0.2) is 35.1 Å². The van der Waals surface area contributed by atoms with Crippen LogP contribution in [0, 0.1) is 11.8 Å². The van der Waals surface area contributed by atoms with Crippen LogP contribution in [0.2, 0.25) is 0 Å². The van der Waals surface area contributed by atoms with Crippen LogP contribution in [0.3, 0.4) is 0 Å². The number of carbonyl (C=O) groups excluding carboxylic acids is 3. The summed E-state index contributed by atoms with van der Waals surface area (Å²) in [6.45, 7) is 0. The van der Waals surface area contributed by atoms with E-state index in [1.54, 1.807) is 0 Å². The van der Waals surface area contributed by atoms with E-state index >= 15 is 0 Å². The zero-order valence-corrected chi connectivity index (χ0v) is 16.7. The maximum Gasteiger partial charge on any atom is 0.255 e. The van der Waals surface area contributed by atoms with Gasteiger partial charge in [-0.15, -0.1) is 0 Å². The molecule has 0 saturated heterocycles. The molecule has 1 amide bonds. The number of likely N-dealkylation sites (N-methyl/N-ethyl adjacent to an activating group) is 1. The highest BCUT2D eigenvalue weighted by atomic mass is 16.3. The van der Waals surface area contributed by atoms with Crippen LogP contribution in [0.1, 0.15) is 23.7 Å². The number of phenolic OH excluding ortho intramolecular Hbond substituents is 1. The van der Waals surface area contributed by atoms with Crippen molar-refractivity contribution in [3.8, 4) is 5.75 Å². The molecule has 0 unspecified atom stereocenters. The number of carbonyl (C=O) groups is 3. The van der Waals surface area contributed by atoms with Gasteiger partial charge in [0.15, 0.2) is 11.4 Å². The molecule has 0 aliphatic heterocycles. The fourth-order valence-corrected chi connectivity index (χ4v) is 5.20. The minimum absolute atomic E-state index is 0.161. The van der Waals surface area contributed by atoms with E-state index in [4.69, 9.17) is 5.73 Å². The third kappa shape index (κ3) is 2.52. The lowest BCUT2D eigenvalue weighted by atomic mass is 9.57. The minimum atomic E-state index is -2.73. The summed E-state index contributed by atoms with van der Waals surface area (Å²) in [6.07, 6.45) is -1.51. The number of aliphatic hydroxyl groups is 4. The maximum absolute atomic E-state index is 13.5. The quantitative estimate of drug-likeness (QED) is 0.336. The number of hydrogen-bond acceptors (Lipinski definition) is 9. The number of aromatic hydroxyl groups is 1. The Morgan fingerprint density at radius 3 is 2.42 bits per heavy atom. The van der Waals surface area contributed by atoms with Crippen LogP contribution in [-0.2, 0) is 14.4 Å². The Morgan fingerprint density at radius 1 is 1.19 bits per heavy atom. The second-order valence-corrected chi connectivity index (χ2v) is 8.35. The first-order valence-electron chi connectivity index (χ1n) is 9.59. The highest BCUT2D eigenvalue weighted by molar-refractivity contribution is 6.24. The van der Waals surface area contributed by atoms with Crippen LogP contribution < -0.4 is 5.73 Å². The lowest BCUT2D eigenvalue weighted by molar-refractivity contribution is -0.155. The first-order chi connectivity index (χ1) is 14.4. The van der Waals surface area contributed by atoms with Gasteiger partial charge in [-0.2, -0.15) is 0 Å². The molecule has 3 aliphatic rings. The van der Waals surface area contributed by atoms with Crippen LogP contribution in [0.25, 0.3) is 5.76 Å². The van der Waals surface area contributed by atoms with Gasteiger partial charge in [-0.3, -0.25) is 19.3 Å². The molecule has 31 heavy (non-hydrogen) atoms. The van der Waals surface area contributed by atoms with Crippen LogP contribution in [0.4, 0.5) is 0 Å². The molecule has 1 saturated carbocycles. The van der Waals surface area contributed by atoms with Crippen molar-refractivity contribution in [2.75, 3.05) is 14.1 Å². The van der Waals surface area contributed by atoms with Crippen LogP contribution in [0.5, 0.6) is 5.75 Å². The Balaban J connectivity index is 2.01. The van der Waals surface area contributed by atoms with Gasteiger partial charge in [0.25, 0.3) is 5.91 Å². The van der Waals surface area contributed by atoms with Crippen molar-refractivity contribution in [1.29, 1.82) is 0 Å². The average molecular weight is 430 g/mol. The van der Waals surface area contributed by atoms with Crippen molar-refractivity contribution in [3.05, 3.63) is 46.2 Å². The van der Waals surface area contributed by atoms with Crippen molar-refractivity contribution in [2.45, 2.75) is 24.2 Å². The van der Waals surface area contributed by atoms with Crippen molar-refractivity contribution < 1.29 is 39.9 Å². The number of amides is 1. The van der Waals surface area contributed by atoms with Gasteiger partial charge >= 0.3 is 0 Å². The number of Topliss-reactive ketones (excluding diaryl/α,β-unsaturated/α-hetero) is 2. The van der Waals surface area contributed by atoms with Crippen molar-refractivity contribution in [2.24, 2.45) is 17.6 Å². The Morgan fingerprint density at radius 2 is 1.84 bits per heavy atom. The van der Waals surface area contributed by atoms with E-state index in [1.807, 2.05) is 0 Å². The average Bonchev–Trinajstić information content (AvgIpc) is 2.68. The molecule has 7 N–H and O–H groups in total. The standard InChI is InChI=1S/C21H22N2O8/c1-23(2)14-9-6-8-12(16(26)11-7(15(8)25)4-3-5-10(11)24)18(28)21(9,31)19(29)13(17(14)27)20(22)30/h3-5,8-9,14-15,24-26,29,31H,6H2,1-2H3,(H2,22,30)/t8-,9+,14+,15-,21+/m1/s1. The van der Waals surface area contributed by atoms with E-state index in [0.717, 1.165) is 0 Å². The Kier molecular flexibility index (Phi) is 4.51. The topological polar surface area (TPSA) is 182 Å². The van der Waals surface area contributed by atoms with E-state index in [0.29, 0.717) is 0 Å². The number of nitrogens with two attached hydrogens (primary N) is 1. The van der Waals surface area contributed by atoms with E-state index < -0.39 is 69.7 Å². The van der Waals surface area contributed by atoms with Crippen LogP contribution >= 0.6 is 0 Å². The second kappa shape index (κ2) is 6.64. The Labute approximate surface area is 176 Å². The third-order valence-corrected chi connectivity index (χ3v) is 6.57. The first kappa shape index (κ1) is 21.0. The summed E-state index contributed by atoms with van der Waals surface area (Å²) in [4.78, 5) is 39.7. The minimum Gasteiger partial charge on any atom is -0.508 e. The van der Waals surface area contributed by atoms with Gasteiger partial charge in [-0.25, -0.2) is 0 Å². The van der Waals surface area contributed by atoms with Crippen molar-refractivity contribution >= 4 is 23.2 Å². The summed E-state index contributed by atoms with van der Waals surface area (Å²) in [5.41, 5.74) is 1.26. The maximum atomic E-state index is 13.5. The van der Waals surface area contributed by atoms with E-state index in [9.17, 15) is 39.9 Å². The van der Waals surface area contributed by atoms with E-state index in [2.05, 4.69) is 0 Å². The molecule has 10 heteroatoms. The number of fused-ring (bicyclic) bond motifs is 3. The number of benzene rings is 1. The predicted molar refractivity (Wildman–Crippen MR) is 106 cm³/mol. The van der Waals surface area contributed by atoms with Gasteiger partial charge < -0.3 is 31.3 Å². The normalized spacial score (nSPS) is 32.7. The fourth-order valence-electron chi connectivity index (χ4n) is 5.20. The molecule has 5 atom stereocenters. The zero-order valence-electron chi connectivity index (χ0n) is 16.7. The molecular formula is C21H22N2O8. The summed E-state index contributed by atoms with van der Waals surface area (Å²) < 4.78 is 0. The van der Waals surface area contributed by atoms with E-state index in [-0.39, 0.29) is 23.3 Å². The number of nitrogens with zero attached hydrogens (tertiary/aromatic N) is 1. The Bertz CT molecular complexity index is 1100. The number of hydrogen-bond donors (Lipinski definition) is 6. The molecule has 0 heterocycles. The number of primary amides is 1. The predicted octanol–water partition coefficient (Wildman–Crippen LogP) is -0.545. The van der Waals surface area contributed by atoms with Gasteiger partial charge in [0, 0.05) is 17.4 Å². The van der Waals surface area contributed by atoms with Gasteiger partial charge in [-0.1, -0.05) is 12.1 Å². The lowest BCUT2D eigenvalue weighted by Gasteiger charge is -2.51. The fraction of sp³-hybridized carbons (Fsp3) is 0.381. The number of rotatable bonds is 2. The molecule has 0 bridgehead atoms. The molecule has 0 aromatic heterocycles. The van der Waals surface area contributed by atoms with Crippen molar-refractivity contribution in [1.82, 2.24) is 4.90 Å². The Hall–Kier alpha value is -3.21. The van der Waals surface area contributed by atoms with Gasteiger partial charge in [0.05, 0.1) is 17.7 Å². The summed E-state index contributed by atoms with van der Waals surface area (Å²) in [7, 11) is 3.00. The molecule has 1 aromatic rings. The summed E-state index contributed by atoms with van der Waals surface area (Å²) in [5.74, 6) is -7.79. The van der Waals surface area contributed by atoms with Crippen LogP contribution in [-0.4, -0.2) is 73.6 Å². The monoisotopic (exact) mass is 430 g/mol. The summed E-state index contributed by atoms with van der Waals surface area (Å²) >= 11 is 0. The molecule has 0 radical (unpaired) electrons. The second-order valence-electron chi connectivity index (χ2n) is 8.35. The largest absolute Gasteiger partial charge is 0.508 e. The molecule has 4 rings (SSSR count). The lowest BCUT2D eigenvalue weighted by Crippen LogP contribution is -2.66. The molecule has 1 fully saturated rings. The highest BCUT2D eigenvalue weighted by Crippen LogP contribution is 2.55. The molecule has 1 aromatic carbocycles. The highest BCUT2D eigenvalue weighted by Gasteiger charge is 2.65. The van der Waals surface area contributed by atoms with Gasteiger partial charge in [0.1, 0.15) is 22.8 Å². The SMILES string of the molecule is CN(C)[C@@H]1C(=O)C(C(N)=O)=C(O)[C@@]2(O)C(=O)C3=C(O)c4c(O)cccc4[C@@H](O)[C@@H]3C[C@@H]12. The third-order valence-electron chi connectivity index (χ3n) is 6.57. The van der Waals surface area contributed by atoms with Gasteiger partial charge in [0.2, 0.25) is 5.78 Å². The number of aliphatic hydroxyl groups excluding tert-OH is 3. The molecular weight excluding hydrogens is 408 g/mol. The molecule has 0 spiro atoms. The molecule has 10 nitrogen and oxygen atoms in total. The summed E-state index contributed by atoms with van der Waals surface area (Å²) in [5, 5.41) is 54.1. The number of phenols is 1. The van der Waals surface area contributed by atoms with E-state index in [1.165, 1.54) is 37.2 Å². The smallest absolute Gasteiger partial charge is 0.255 e. The molecule has 164 valence electrons. The van der Waals surface area contributed by atoms with Gasteiger partial charge in [-0.05, 0) is 32.1 Å². The number of ketones is 2. The first-order valence-corrected chi connectivity index (χ1v) is 9.59. The zero-order chi connectivity index (χ0) is 23.0.